The third kappa shape index (κ3) is 1.42. The smallest absolute Gasteiger partial charge is 0.141 e. The molecule has 0 atom stereocenters. The number of hydrogen-bond acceptors (Lipinski definition) is 2. The summed E-state index contributed by atoms with van der Waals surface area (Å²) in [6, 6.07) is 10.0. The van der Waals surface area contributed by atoms with Gasteiger partial charge in [0.25, 0.3) is 0 Å². The van der Waals surface area contributed by atoms with Crippen molar-refractivity contribution in [2.45, 2.75) is 0 Å². The van der Waals surface area contributed by atoms with Gasteiger partial charge in [0.05, 0.1) is 5.69 Å². The third-order valence-corrected chi connectivity index (χ3v) is 3.17. The first-order chi connectivity index (χ1) is 7.86. The Balaban J connectivity index is 2.34. The van der Waals surface area contributed by atoms with Gasteiger partial charge in [-0.15, -0.1) is 0 Å². The minimum Gasteiger partial charge on any atom is -0.346 e. The van der Waals surface area contributed by atoms with Crippen LogP contribution in [0.2, 0.25) is 0 Å². The molecule has 16 heavy (non-hydrogen) atoms. The Bertz CT molecular complexity index is 645. The highest BCUT2D eigenvalue weighted by Gasteiger charge is 2.08. The Morgan fingerprint density at radius 2 is 1.94 bits per heavy atom. The maximum absolute atomic E-state index is 4.35. The molecule has 0 saturated heterocycles. The van der Waals surface area contributed by atoms with Gasteiger partial charge in [-0.25, -0.2) is 9.97 Å². The summed E-state index contributed by atoms with van der Waals surface area (Å²) in [5, 5.41) is 1.04. The van der Waals surface area contributed by atoms with Gasteiger partial charge < -0.3 is 4.98 Å². The number of aromatic nitrogens is 3. The molecule has 1 N–H and O–H groups in total. The predicted octanol–water partition coefficient (Wildman–Crippen LogP) is 3.39. The Labute approximate surface area is 101 Å². The van der Waals surface area contributed by atoms with Crippen molar-refractivity contribution in [3.63, 3.8) is 0 Å². The molecule has 3 rings (SSSR count). The lowest BCUT2D eigenvalue weighted by atomic mass is 10.1. The first kappa shape index (κ1) is 9.54. The quantitative estimate of drug-likeness (QED) is 0.739. The molecular formula is C12H8BrN3. The van der Waals surface area contributed by atoms with Gasteiger partial charge in [-0.3, -0.25) is 0 Å². The van der Waals surface area contributed by atoms with Crippen molar-refractivity contribution in [2.24, 2.45) is 0 Å². The summed E-state index contributed by atoms with van der Waals surface area (Å²) >= 11 is 3.54. The number of H-pyrrole nitrogens is 1. The first-order valence-corrected chi connectivity index (χ1v) is 5.68. The van der Waals surface area contributed by atoms with Crippen LogP contribution < -0.4 is 0 Å². The van der Waals surface area contributed by atoms with Crippen LogP contribution in [0.25, 0.3) is 22.3 Å². The van der Waals surface area contributed by atoms with Crippen LogP contribution >= 0.6 is 15.9 Å². The number of nitrogens with one attached hydrogen (secondary N) is 1. The Hall–Kier alpha value is -1.68. The second kappa shape index (κ2) is 3.72. The maximum Gasteiger partial charge on any atom is 0.141 e. The van der Waals surface area contributed by atoms with Crippen LogP contribution in [0.15, 0.2) is 47.3 Å². The van der Waals surface area contributed by atoms with Crippen LogP contribution in [0.5, 0.6) is 0 Å². The number of aromatic amines is 1. The number of nitrogens with zero attached hydrogens (tertiary/aromatic N) is 2. The fourth-order valence-corrected chi connectivity index (χ4v) is 2.21. The van der Waals surface area contributed by atoms with Crippen LogP contribution in [0, 0.1) is 0 Å². The van der Waals surface area contributed by atoms with E-state index in [0.29, 0.717) is 0 Å². The first-order valence-electron chi connectivity index (χ1n) is 4.89. The largest absolute Gasteiger partial charge is 0.346 e. The Kier molecular flexibility index (Phi) is 2.22. The lowest BCUT2D eigenvalue weighted by Crippen LogP contribution is -1.87. The van der Waals surface area contributed by atoms with Crippen molar-refractivity contribution < 1.29 is 0 Å². The van der Waals surface area contributed by atoms with Crippen molar-refractivity contribution in [3.05, 3.63) is 47.3 Å². The summed E-state index contributed by atoms with van der Waals surface area (Å²) in [6.45, 7) is 0. The average Bonchev–Trinajstić information content (AvgIpc) is 2.77. The van der Waals surface area contributed by atoms with E-state index >= 15 is 0 Å². The lowest BCUT2D eigenvalue weighted by molar-refractivity contribution is 1.20. The minimum absolute atomic E-state index is 0.862. The van der Waals surface area contributed by atoms with Crippen LogP contribution in [0.3, 0.4) is 0 Å². The van der Waals surface area contributed by atoms with Gasteiger partial charge in [-0.1, -0.05) is 34.1 Å². The van der Waals surface area contributed by atoms with E-state index in [4.69, 9.17) is 0 Å². The molecule has 0 fully saturated rings. The van der Waals surface area contributed by atoms with Gasteiger partial charge in [0.2, 0.25) is 0 Å². The maximum atomic E-state index is 4.35. The van der Waals surface area contributed by atoms with E-state index in [0.717, 1.165) is 26.8 Å². The van der Waals surface area contributed by atoms with Crippen LogP contribution in [0.4, 0.5) is 0 Å². The van der Waals surface area contributed by atoms with E-state index in [-0.39, 0.29) is 0 Å². The van der Waals surface area contributed by atoms with Crippen molar-refractivity contribution >= 4 is 27.0 Å². The molecule has 3 aromatic rings. The van der Waals surface area contributed by atoms with Crippen molar-refractivity contribution in [3.8, 4) is 11.3 Å². The fourth-order valence-electron chi connectivity index (χ4n) is 1.74. The Morgan fingerprint density at radius 1 is 1.06 bits per heavy atom. The zero-order valence-electron chi connectivity index (χ0n) is 8.31. The number of halogens is 1. The number of hydrogen-bond donors (Lipinski definition) is 1. The molecule has 0 aliphatic rings. The van der Waals surface area contributed by atoms with E-state index in [2.05, 4.69) is 30.9 Å². The molecule has 0 radical (unpaired) electrons. The molecule has 3 nitrogen and oxygen atoms in total. The summed E-state index contributed by atoms with van der Waals surface area (Å²) in [4.78, 5) is 11.6. The van der Waals surface area contributed by atoms with Gasteiger partial charge >= 0.3 is 0 Å². The van der Waals surface area contributed by atoms with Gasteiger partial charge in [-0.2, -0.15) is 0 Å². The molecule has 0 aliphatic carbocycles. The standard InChI is InChI=1S/C12H8BrN3/c13-10-4-2-1-3-8(10)11-9-5-6-14-12(9)16-7-15-11/h1-7H,(H,14,15,16). The zero-order valence-corrected chi connectivity index (χ0v) is 9.90. The summed E-state index contributed by atoms with van der Waals surface area (Å²) in [7, 11) is 0. The van der Waals surface area contributed by atoms with E-state index in [1.54, 1.807) is 6.33 Å². The fraction of sp³-hybridized carbons (Fsp3) is 0. The van der Waals surface area contributed by atoms with Crippen molar-refractivity contribution in [1.29, 1.82) is 0 Å². The van der Waals surface area contributed by atoms with Gasteiger partial charge in [0, 0.05) is 21.6 Å². The van der Waals surface area contributed by atoms with Gasteiger partial charge in [-0.05, 0) is 12.1 Å². The molecular weight excluding hydrogens is 266 g/mol. The summed E-state index contributed by atoms with van der Waals surface area (Å²) in [5.74, 6) is 0. The summed E-state index contributed by atoms with van der Waals surface area (Å²) in [6.07, 6.45) is 3.45. The normalized spacial score (nSPS) is 10.8. The third-order valence-electron chi connectivity index (χ3n) is 2.48. The molecule has 4 heteroatoms. The van der Waals surface area contributed by atoms with Crippen LogP contribution in [-0.4, -0.2) is 15.0 Å². The summed E-state index contributed by atoms with van der Waals surface area (Å²) in [5.41, 5.74) is 2.88. The highest BCUT2D eigenvalue weighted by atomic mass is 79.9. The molecule has 0 saturated carbocycles. The van der Waals surface area contributed by atoms with Crippen molar-refractivity contribution in [2.75, 3.05) is 0 Å². The molecule has 2 aromatic heterocycles. The molecule has 2 heterocycles. The second-order valence-electron chi connectivity index (χ2n) is 3.44. The zero-order chi connectivity index (χ0) is 11.0. The molecule has 0 amide bonds. The molecule has 78 valence electrons. The summed E-state index contributed by atoms with van der Waals surface area (Å²) < 4.78 is 1.04. The highest BCUT2D eigenvalue weighted by Crippen LogP contribution is 2.30. The minimum atomic E-state index is 0.862. The van der Waals surface area contributed by atoms with E-state index < -0.39 is 0 Å². The lowest BCUT2D eigenvalue weighted by Gasteiger charge is -2.04. The van der Waals surface area contributed by atoms with Crippen molar-refractivity contribution in [1.82, 2.24) is 15.0 Å². The molecule has 0 spiro atoms. The number of rotatable bonds is 1. The monoisotopic (exact) mass is 273 g/mol. The van der Waals surface area contributed by atoms with E-state index in [1.165, 1.54) is 0 Å². The van der Waals surface area contributed by atoms with Gasteiger partial charge in [0.1, 0.15) is 12.0 Å². The van der Waals surface area contributed by atoms with Crippen LogP contribution in [-0.2, 0) is 0 Å². The highest BCUT2D eigenvalue weighted by molar-refractivity contribution is 9.10. The molecule has 0 aliphatic heterocycles. The number of fused-ring (bicyclic) bond motifs is 1. The van der Waals surface area contributed by atoms with Crippen LogP contribution in [0.1, 0.15) is 0 Å². The van der Waals surface area contributed by atoms with Gasteiger partial charge in [0.15, 0.2) is 0 Å². The van der Waals surface area contributed by atoms with E-state index in [1.807, 2.05) is 36.5 Å². The molecule has 0 bridgehead atoms. The number of benzene rings is 1. The SMILES string of the molecule is Brc1ccccc1-c1ncnc2[nH]ccc12. The molecule has 0 unspecified atom stereocenters. The predicted molar refractivity (Wildman–Crippen MR) is 67.0 cm³/mol. The topological polar surface area (TPSA) is 41.6 Å². The Morgan fingerprint density at radius 3 is 2.81 bits per heavy atom. The molecule has 1 aromatic carbocycles. The average molecular weight is 274 g/mol. The second-order valence-corrected chi connectivity index (χ2v) is 4.30. The van der Waals surface area contributed by atoms with E-state index in [9.17, 15) is 0 Å².